The summed E-state index contributed by atoms with van der Waals surface area (Å²) in [6.45, 7) is 0.793. The van der Waals surface area contributed by atoms with Crippen LogP contribution in [0, 0.1) is 5.82 Å². The minimum Gasteiger partial charge on any atom is -0.454 e. The first-order valence-corrected chi connectivity index (χ1v) is 8.60. The predicted molar refractivity (Wildman–Crippen MR) is 91.2 cm³/mol. The van der Waals surface area contributed by atoms with Crippen molar-refractivity contribution in [3.8, 4) is 11.5 Å². The first-order chi connectivity index (χ1) is 12.2. The van der Waals surface area contributed by atoms with Crippen LogP contribution >= 0.6 is 0 Å². The van der Waals surface area contributed by atoms with E-state index in [1.807, 2.05) is 24.3 Å². The standard InChI is InChI=1S/C20H20FNO3/c21-16-4-1-3-15(12-16)20(8-2-9-20)19(23)22-10-7-14-5-6-17-18(11-14)25-13-24-17/h1,3-6,11-12H,2,7-10,13H2,(H,22,23). The quantitative estimate of drug-likeness (QED) is 0.907. The van der Waals surface area contributed by atoms with Crippen LogP contribution in [0.5, 0.6) is 11.5 Å². The van der Waals surface area contributed by atoms with Crippen molar-refractivity contribution in [3.63, 3.8) is 0 Å². The van der Waals surface area contributed by atoms with E-state index in [1.165, 1.54) is 12.1 Å². The number of fused-ring (bicyclic) bond motifs is 1. The van der Waals surface area contributed by atoms with Crippen LogP contribution in [-0.4, -0.2) is 19.2 Å². The third-order valence-electron chi connectivity index (χ3n) is 5.16. The van der Waals surface area contributed by atoms with Crippen LogP contribution < -0.4 is 14.8 Å². The van der Waals surface area contributed by atoms with Crippen molar-refractivity contribution in [3.05, 3.63) is 59.4 Å². The Labute approximate surface area is 146 Å². The third kappa shape index (κ3) is 2.95. The molecule has 2 aromatic rings. The number of ether oxygens (including phenoxy) is 2. The molecule has 0 unspecified atom stereocenters. The van der Waals surface area contributed by atoms with Crippen molar-refractivity contribution in [1.29, 1.82) is 0 Å². The number of carbonyl (C=O) groups excluding carboxylic acids is 1. The average Bonchev–Trinajstić information content (AvgIpc) is 3.01. The molecule has 4 rings (SSSR count). The molecule has 1 amide bonds. The molecule has 0 aromatic heterocycles. The number of hydrogen-bond donors (Lipinski definition) is 1. The number of nitrogens with one attached hydrogen (secondary N) is 1. The Morgan fingerprint density at radius 2 is 1.96 bits per heavy atom. The van der Waals surface area contributed by atoms with Gasteiger partial charge in [-0.05, 0) is 54.7 Å². The highest BCUT2D eigenvalue weighted by Crippen LogP contribution is 2.44. The zero-order chi connectivity index (χ0) is 17.3. The van der Waals surface area contributed by atoms with E-state index >= 15 is 0 Å². The fourth-order valence-corrected chi connectivity index (χ4v) is 3.55. The van der Waals surface area contributed by atoms with Crippen molar-refractivity contribution in [1.82, 2.24) is 5.32 Å². The fraction of sp³-hybridized carbons (Fsp3) is 0.350. The van der Waals surface area contributed by atoms with Crippen molar-refractivity contribution < 1.29 is 18.7 Å². The van der Waals surface area contributed by atoms with Gasteiger partial charge in [0.15, 0.2) is 11.5 Å². The Morgan fingerprint density at radius 1 is 1.12 bits per heavy atom. The van der Waals surface area contributed by atoms with Crippen LogP contribution in [0.3, 0.4) is 0 Å². The van der Waals surface area contributed by atoms with Crippen molar-refractivity contribution in [2.75, 3.05) is 13.3 Å². The summed E-state index contributed by atoms with van der Waals surface area (Å²) in [6.07, 6.45) is 3.24. The number of carbonyl (C=O) groups is 1. The summed E-state index contributed by atoms with van der Waals surface area (Å²) >= 11 is 0. The average molecular weight is 341 g/mol. The summed E-state index contributed by atoms with van der Waals surface area (Å²) in [5.41, 5.74) is 1.29. The minimum atomic E-state index is -0.572. The maximum absolute atomic E-state index is 13.6. The summed E-state index contributed by atoms with van der Waals surface area (Å²) in [7, 11) is 0. The number of halogens is 1. The molecule has 4 nitrogen and oxygen atoms in total. The van der Waals surface area contributed by atoms with Gasteiger partial charge in [-0.2, -0.15) is 0 Å². The zero-order valence-electron chi connectivity index (χ0n) is 13.9. The summed E-state index contributed by atoms with van der Waals surface area (Å²) in [5.74, 6) is 1.20. The van der Waals surface area contributed by atoms with Crippen LogP contribution in [0.25, 0.3) is 0 Å². The second-order valence-corrected chi connectivity index (χ2v) is 6.64. The Morgan fingerprint density at radius 3 is 2.72 bits per heavy atom. The van der Waals surface area contributed by atoms with Gasteiger partial charge in [-0.3, -0.25) is 4.79 Å². The molecule has 1 aliphatic heterocycles. The van der Waals surface area contributed by atoms with Gasteiger partial charge in [-0.15, -0.1) is 0 Å². The van der Waals surface area contributed by atoms with Crippen molar-refractivity contribution in [2.45, 2.75) is 31.1 Å². The van der Waals surface area contributed by atoms with E-state index in [2.05, 4.69) is 5.32 Å². The van der Waals surface area contributed by atoms with E-state index < -0.39 is 5.41 Å². The number of hydrogen-bond acceptors (Lipinski definition) is 3. The first kappa shape index (κ1) is 15.9. The van der Waals surface area contributed by atoms with Gasteiger partial charge >= 0.3 is 0 Å². The van der Waals surface area contributed by atoms with Crippen LogP contribution in [0.1, 0.15) is 30.4 Å². The molecule has 0 bridgehead atoms. The zero-order valence-corrected chi connectivity index (χ0v) is 13.9. The van der Waals surface area contributed by atoms with Gasteiger partial charge < -0.3 is 14.8 Å². The third-order valence-corrected chi connectivity index (χ3v) is 5.16. The largest absolute Gasteiger partial charge is 0.454 e. The molecular formula is C20H20FNO3. The summed E-state index contributed by atoms with van der Waals surface area (Å²) in [5, 5.41) is 3.03. The van der Waals surface area contributed by atoms with Crippen LogP contribution in [0.4, 0.5) is 4.39 Å². The molecule has 2 aromatic carbocycles. The Balaban J connectivity index is 1.40. The SMILES string of the molecule is O=C(NCCc1ccc2c(c1)OCO2)C1(c2cccc(F)c2)CCC1. The monoisotopic (exact) mass is 341 g/mol. The summed E-state index contributed by atoms with van der Waals surface area (Å²) in [6, 6.07) is 12.2. The van der Waals surface area contributed by atoms with Gasteiger partial charge in [-0.1, -0.05) is 24.6 Å². The van der Waals surface area contributed by atoms with Crippen LogP contribution in [-0.2, 0) is 16.6 Å². The highest BCUT2D eigenvalue weighted by molar-refractivity contribution is 5.89. The normalized spacial score (nSPS) is 17.0. The maximum atomic E-state index is 13.6. The molecule has 1 fully saturated rings. The second-order valence-electron chi connectivity index (χ2n) is 6.64. The highest BCUT2D eigenvalue weighted by atomic mass is 19.1. The number of amides is 1. The molecule has 2 aliphatic rings. The lowest BCUT2D eigenvalue weighted by atomic mass is 9.64. The van der Waals surface area contributed by atoms with Crippen molar-refractivity contribution in [2.24, 2.45) is 0 Å². The number of rotatable bonds is 5. The molecule has 5 heteroatoms. The Kier molecular flexibility index (Phi) is 4.07. The predicted octanol–water partition coefficient (Wildman–Crippen LogP) is 3.34. The lowest BCUT2D eigenvalue weighted by Crippen LogP contribution is -2.49. The molecule has 25 heavy (non-hydrogen) atoms. The molecule has 130 valence electrons. The smallest absolute Gasteiger partial charge is 0.231 e. The van der Waals surface area contributed by atoms with Gasteiger partial charge in [0.25, 0.3) is 0 Å². The van der Waals surface area contributed by atoms with Gasteiger partial charge in [0, 0.05) is 6.54 Å². The first-order valence-electron chi connectivity index (χ1n) is 8.60. The fourth-order valence-electron chi connectivity index (χ4n) is 3.55. The molecule has 0 saturated heterocycles. The maximum Gasteiger partial charge on any atom is 0.231 e. The van der Waals surface area contributed by atoms with E-state index in [4.69, 9.17) is 9.47 Å². The molecule has 0 spiro atoms. The topological polar surface area (TPSA) is 47.6 Å². The minimum absolute atomic E-state index is 0.00917. The Bertz CT molecular complexity index is 801. The van der Waals surface area contributed by atoms with Gasteiger partial charge in [0.2, 0.25) is 12.7 Å². The van der Waals surface area contributed by atoms with Crippen molar-refractivity contribution >= 4 is 5.91 Å². The van der Waals surface area contributed by atoms with E-state index in [-0.39, 0.29) is 18.5 Å². The van der Waals surface area contributed by atoms with E-state index in [0.717, 1.165) is 41.9 Å². The number of benzene rings is 2. The molecule has 0 radical (unpaired) electrons. The van der Waals surface area contributed by atoms with Gasteiger partial charge in [0.1, 0.15) is 5.82 Å². The molecule has 1 aliphatic carbocycles. The molecule has 1 N–H and O–H groups in total. The van der Waals surface area contributed by atoms with E-state index in [9.17, 15) is 9.18 Å². The summed E-state index contributed by atoms with van der Waals surface area (Å²) in [4.78, 5) is 12.8. The second kappa shape index (κ2) is 6.39. The van der Waals surface area contributed by atoms with Crippen LogP contribution in [0.15, 0.2) is 42.5 Å². The summed E-state index contributed by atoms with van der Waals surface area (Å²) < 4.78 is 24.2. The lowest BCUT2D eigenvalue weighted by molar-refractivity contribution is -0.129. The Hall–Kier alpha value is -2.56. The van der Waals surface area contributed by atoms with Gasteiger partial charge in [0.05, 0.1) is 5.41 Å². The molecule has 0 atom stereocenters. The molecule has 1 heterocycles. The van der Waals surface area contributed by atoms with Gasteiger partial charge in [-0.25, -0.2) is 4.39 Å². The lowest BCUT2D eigenvalue weighted by Gasteiger charge is -2.40. The van der Waals surface area contributed by atoms with Crippen LogP contribution in [0.2, 0.25) is 0 Å². The van der Waals surface area contributed by atoms with E-state index in [0.29, 0.717) is 13.0 Å². The van der Waals surface area contributed by atoms with E-state index in [1.54, 1.807) is 6.07 Å². The molecule has 1 saturated carbocycles. The molecular weight excluding hydrogens is 321 g/mol. The highest BCUT2D eigenvalue weighted by Gasteiger charge is 2.45.